The van der Waals surface area contributed by atoms with Gasteiger partial charge in [0.25, 0.3) is 5.69 Å². The third-order valence-electron chi connectivity index (χ3n) is 2.36. The van der Waals surface area contributed by atoms with Crippen LogP contribution >= 0.6 is 0 Å². The molecule has 4 nitrogen and oxygen atoms in total. The molecule has 0 saturated heterocycles. The van der Waals surface area contributed by atoms with Crippen molar-refractivity contribution in [1.29, 1.82) is 0 Å². The molecule has 0 bridgehead atoms. The number of benzene rings is 1. The Morgan fingerprint density at radius 3 is 2.64 bits per heavy atom. The zero-order valence-electron chi connectivity index (χ0n) is 7.37. The van der Waals surface area contributed by atoms with Crippen molar-refractivity contribution in [2.24, 2.45) is 0 Å². The molecule has 1 saturated carbocycles. The molecule has 1 aliphatic rings. The molecule has 0 spiro atoms. The molecular formula is C9H9FN2O2. The van der Waals surface area contributed by atoms with Crippen LogP contribution in [0.1, 0.15) is 24.3 Å². The standard InChI is InChI=1S/C9H9FN2O2/c10-7-4-8(11)9(12(13)14)3-6(7)5-1-2-5/h3-5H,1-2,11H2. The highest BCUT2D eigenvalue weighted by atomic mass is 19.1. The van der Waals surface area contributed by atoms with Crippen molar-refractivity contribution < 1.29 is 9.31 Å². The third kappa shape index (κ3) is 1.41. The minimum atomic E-state index is -0.583. The smallest absolute Gasteiger partial charge is 0.292 e. The summed E-state index contributed by atoms with van der Waals surface area (Å²) in [5.74, 6) is -0.287. The Balaban J connectivity index is 2.51. The van der Waals surface area contributed by atoms with Crippen molar-refractivity contribution in [3.05, 3.63) is 33.6 Å². The lowest BCUT2D eigenvalue weighted by Gasteiger charge is -2.02. The molecule has 0 unspecified atom stereocenters. The minimum Gasteiger partial charge on any atom is -0.393 e. The van der Waals surface area contributed by atoms with E-state index < -0.39 is 10.7 Å². The molecule has 2 rings (SSSR count). The van der Waals surface area contributed by atoms with Gasteiger partial charge in [-0.15, -0.1) is 0 Å². The predicted octanol–water partition coefficient (Wildman–Crippen LogP) is 2.19. The molecular weight excluding hydrogens is 187 g/mol. The molecule has 2 N–H and O–H groups in total. The summed E-state index contributed by atoms with van der Waals surface area (Å²) in [6.45, 7) is 0. The Labute approximate surface area is 79.7 Å². The lowest BCUT2D eigenvalue weighted by molar-refractivity contribution is -0.384. The largest absolute Gasteiger partial charge is 0.393 e. The van der Waals surface area contributed by atoms with Crippen molar-refractivity contribution in [1.82, 2.24) is 0 Å². The number of hydrogen-bond donors (Lipinski definition) is 1. The van der Waals surface area contributed by atoms with Crippen LogP contribution < -0.4 is 5.73 Å². The van der Waals surface area contributed by atoms with E-state index in [1.165, 1.54) is 6.07 Å². The van der Waals surface area contributed by atoms with Gasteiger partial charge in [-0.2, -0.15) is 0 Å². The summed E-state index contributed by atoms with van der Waals surface area (Å²) < 4.78 is 13.3. The zero-order chi connectivity index (χ0) is 10.3. The van der Waals surface area contributed by atoms with E-state index in [1.54, 1.807) is 0 Å². The first-order valence-electron chi connectivity index (χ1n) is 4.33. The maximum Gasteiger partial charge on any atom is 0.292 e. The number of nitrogen functional groups attached to an aromatic ring is 1. The maximum absolute atomic E-state index is 13.3. The number of anilines is 1. The van der Waals surface area contributed by atoms with Crippen molar-refractivity contribution >= 4 is 11.4 Å². The van der Waals surface area contributed by atoms with E-state index >= 15 is 0 Å². The summed E-state index contributed by atoms with van der Waals surface area (Å²) in [4.78, 5) is 9.95. The van der Waals surface area contributed by atoms with Gasteiger partial charge in [0.05, 0.1) is 4.92 Å². The molecule has 14 heavy (non-hydrogen) atoms. The molecule has 0 amide bonds. The van der Waals surface area contributed by atoms with Crippen LogP contribution in [0.4, 0.5) is 15.8 Å². The van der Waals surface area contributed by atoms with Gasteiger partial charge in [0.15, 0.2) is 0 Å². The second-order valence-corrected chi connectivity index (χ2v) is 3.46. The second kappa shape index (κ2) is 2.94. The fraction of sp³-hybridized carbons (Fsp3) is 0.333. The van der Waals surface area contributed by atoms with E-state index in [4.69, 9.17) is 5.73 Å². The zero-order valence-corrected chi connectivity index (χ0v) is 7.37. The van der Waals surface area contributed by atoms with Crippen LogP contribution in [0.25, 0.3) is 0 Å². The first kappa shape index (κ1) is 8.93. The van der Waals surface area contributed by atoms with Crippen LogP contribution in [-0.4, -0.2) is 4.92 Å². The summed E-state index contributed by atoms with van der Waals surface area (Å²) in [5, 5.41) is 10.5. The number of nitrogens with two attached hydrogens (primary N) is 1. The first-order valence-corrected chi connectivity index (χ1v) is 4.33. The number of hydrogen-bond acceptors (Lipinski definition) is 3. The molecule has 1 fully saturated rings. The van der Waals surface area contributed by atoms with Crippen molar-refractivity contribution in [3.63, 3.8) is 0 Å². The van der Waals surface area contributed by atoms with Gasteiger partial charge in [-0.05, 0) is 24.3 Å². The van der Waals surface area contributed by atoms with Crippen molar-refractivity contribution in [2.45, 2.75) is 18.8 Å². The summed E-state index contributed by atoms with van der Waals surface area (Å²) in [5.41, 5.74) is 5.44. The summed E-state index contributed by atoms with van der Waals surface area (Å²) >= 11 is 0. The highest BCUT2D eigenvalue weighted by Gasteiger charge is 2.29. The fourth-order valence-electron chi connectivity index (χ4n) is 1.46. The topological polar surface area (TPSA) is 69.2 Å². The molecule has 0 atom stereocenters. The molecule has 1 aliphatic carbocycles. The highest BCUT2D eigenvalue weighted by Crippen LogP contribution is 2.43. The van der Waals surface area contributed by atoms with E-state index in [1.807, 2.05) is 0 Å². The van der Waals surface area contributed by atoms with Crippen LogP contribution in [0.2, 0.25) is 0 Å². The SMILES string of the molecule is Nc1cc(F)c(C2CC2)cc1[N+](=O)[O-]. The summed E-state index contributed by atoms with van der Waals surface area (Å²) in [6, 6.07) is 2.29. The molecule has 0 radical (unpaired) electrons. The van der Waals surface area contributed by atoms with Crippen LogP contribution in [0.15, 0.2) is 12.1 Å². The van der Waals surface area contributed by atoms with E-state index in [0.29, 0.717) is 5.56 Å². The highest BCUT2D eigenvalue weighted by molar-refractivity contribution is 5.60. The van der Waals surface area contributed by atoms with Crippen molar-refractivity contribution in [3.8, 4) is 0 Å². The first-order chi connectivity index (χ1) is 6.59. The van der Waals surface area contributed by atoms with E-state index in [-0.39, 0.29) is 17.3 Å². The number of nitrogens with zero attached hydrogens (tertiary/aromatic N) is 1. The normalized spacial score (nSPS) is 15.5. The van der Waals surface area contributed by atoms with Gasteiger partial charge in [-0.3, -0.25) is 10.1 Å². The Bertz CT molecular complexity index is 402. The second-order valence-electron chi connectivity index (χ2n) is 3.46. The van der Waals surface area contributed by atoms with Crippen LogP contribution in [0.3, 0.4) is 0 Å². The quantitative estimate of drug-likeness (QED) is 0.447. The average molecular weight is 196 g/mol. The number of nitro groups is 1. The van der Waals surface area contributed by atoms with Gasteiger partial charge in [-0.1, -0.05) is 0 Å². The Hall–Kier alpha value is -1.65. The predicted molar refractivity (Wildman–Crippen MR) is 49.4 cm³/mol. The lowest BCUT2D eigenvalue weighted by atomic mass is 10.1. The van der Waals surface area contributed by atoms with Crippen molar-refractivity contribution in [2.75, 3.05) is 5.73 Å². The monoisotopic (exact) mass is 196 g/mol. The lowest BCUT2D eigenvalue weighted by Crippen LogP contribution is -1.99. The molecule has 1 aromatic rings. The number of rotatable bonds is 2. The molecule has 0 heterocycles. The summed E-state index contributed by atoms with van der Waals surface area (Å²) in [7, 11) is 0. The molecule has 74 valence electrons. The molecule has 1 aromatic carbocycles. The van der Waals surface area contributed by atoms with Gasteiger partial charge in [0, 0.05) is 12.1 Å². The van der Waals surface area contributed by atoms with Gasteiger partial charge in [0.2, 0.25) is 0 Å². The van der Waals surface area contributed by atoms with E-state index in [9.17, 15) is 14.5 Å². The van der Waals surface area contributed by atoms with E-state index in [0.717, 1.165) is 18.9 Å². The number of nitro benzene ring substituents is 1. The Morgan fingerprint density at radius 1 is 1.50 bits per heavy atom. The molecule has 0 aliphatic heterocycles. The maximum atomic E-state index is 13.3. The van der Waals surface area contributed by atoms with Crippen LogP contribution in [-0.2, 0) is 0 Å². The molecule has 5 heteroatoms. The summed E-state index contributed by atoms with van der Waals surface area (Å²) in [6.07, 6.45) is 1.80. The van der Waals surface area contributed by atoms with Gasteiger partial charge >= 0.3 is 0 Å². The fourth-order valence-corrected chi connectivity index (χ4v) is 1.46. The average Bonchev–Trinajstić information content (AvgIpc) is 2.86. The molecule has 0 aromatic heterocycles. The van der Waals surface area contributed by atoms with E-state index in [2.05, 4.69) is 0 Å². The van der Waals surface area contributed by atoms with Gasteiger partial charge in [0.1, 0.15) is 11.5 Å². The minimum absolute atomic E-state index is 0.114. The Morgan fingerprint density at radius 2 is 2.14 bits per heavy atom. The van der Waals surface area contributed by atoms with Gasteiger partial charge in [-0.25, -0.2) is 4.39 Å². The van der Waals surface area contributed by atoms with Crippen LogP contribution in [0, 0.1) is 15.9 Å². The van der Waals surface area contributed by atoms with Crippen LogP contribution in [0.5, 0.6) is 0 Å². The van der Waals surface area contributed by atoms with Gasteiger partial charge < -0.3 is 5.73 Å². The third-order valence-corrected chi connectivity index (χ3v) is 2.36. The number of halogens is 1. The Kier molecular flexibility index (Phi) is 1.87.